The molecule has 1 aromatic carbocycles. The van der Waals surface area contributed by atoms with Gasteiger partial charge in [0.1, 0.15) is 18.4 Å². The smallest absolute Gasteiger partial charge is 0.318 e. The number of benzene rings is 1. The summed E-state index contributed by atoms with van der Waals surface area (Å²) in [6.45, 7) is 8.15. The van der Waals surface area contributed by atoms with Gasteiger partial charge in [-0.2, -0.15) is 5.10 Å². The van der Waals surface area contributed by atoms with Gasteiger partial charge in [-0.15, -0.1) is 5.10 Å². The van der Waals surface area contributed by atoms with Crippen LogP contribution in [0.2, 0.25) is 0 Å². The van der Waals surface area contributed by atoms with E-state index in [-0.39, 0.29) is 0 Å². The van der Waals surface area contributed by atoms with Crippen molar-refractivity contribution in [2.75, 3.05) is 44.2 Å². The summed E-state index contributed by atoms with van der Waals surface area (Å²) < 4.78 is 13.6. The molecule has 0 aliphatic carbocycles. The molecule has 0 spiro atoms. The number of piperazine rings is 1. The van der Waals surface area contributed by atoms with Crippen molar-refractivity contribution in [2.45, 2.75) is 19.9 Å². The number of hydrogen-bond acceptors (Lipinski definition) is 8. The average Bonchev–Trinajstić information content (AvgIpc) is 3.43. The molecule has 0 unspecified atom stereocenters. The lowest BCUT2D eigenvalue weighted by molar-refractivity contribution is 0.240. The largest absolute Gasteiger partial charge is 0.493 e. The lowest BCUT2D eigenvalue weighted by Gasteiger charge is -2.33. The maximum absolute atomic E-state index is 5.97. The molecule has 0 amide bonds. The Morgan fingerprint density at radius 3 is 2.71 bits per heavy atom. The molecule has 0 bridgehead atoms. The molecule has 0 radical (unpaired) electrons. The number of hydrogen-bond donors (Lipinski definition) is 0. The first-order valence-corrected chi connectivity index (χ1v) is 9.69. The maximum Gasteiger partial charge on any atom is 0.318 e. The third kappa shape index (κ3) is 4.30. The Hall–Kier alpha value is -2.94. The molecule has 0 atom stereocenters. The summed E-state index contributed by atoms with van der Waals surface area (Å²) in [6.07, 6.45) is 4.26. The van der Waals surface area contributed by atoms with Gasteiger partial charge in [0, 0.05) is 32.7 Å². The lowest BCUT2D eigenvalue weighted by atomic mass is 10.2. The van der Waals surface area contributed by atoms with E-state index in [0.717, 1.165) is 57.0 Å². The molecule has 28 heavy (non-hydrogen) atoms. The van der Waals surface area contributed by atoms with Crippen LogP contribution in [0.5, 0.6) is 5.75 Å². The Morgan fingerprint density at radius 1 is 1.07 bits per heavy atom. The van der Waals surface area contributed by atoms with Gasteiger partial charge in [-0.1, -0.05) is 24.2 Å². The predicted octanol–water partition coefficient (Wildman–Crippen LogP) is 1.94. The van der Waals surface area contributed by atoms with Gasteiger partial charge in [0.15, 0.2) is 0 Å². The highest BCUT2D eigenvalue weighted by Crippen LogP contribution is 2.30. The Morgan fingerprint density at radius 2 is 1.93 bits per heavy atom. The third-order valence-electron chi connectivity index (χ3n) is 4.75. The molecular weight excluding hydrogens is 358 g/mol. The van der Waals surface area contributed by atoms with Crippen LogP contribution in [0.15, 0.2) is 41.3 Å². The minimum atomic E-state index is 0.496. The molecule has 3 aromatic rings. The Labute approximate surface area is 163 Å². The fourth-order valence-electron chi connectivity index (χ4n) is 3.19. The van der Waals surface area contributed by atoms with E-state index >= 15 is 0 Å². The van der Waals surface area contributed by atoms with Crippen LogP contribution in [0, 0.1) is 0 Å². The fourth-order valence-corrected chi connectivity index (χ4v) is 3.19. The zero-order chi connectivity index (χ0) is 19.2. The van der Waals surface area contributed by atoms with E-state index in [1.54, 1.807) is 12.7 Å². The van der Waals surface area contributed by atoms with Crippen molar-refractivity contribution in [3.8, 4) is 17.2 Å². The lowest BCUT2D eigenvalue weighted by Crippen LogP contribution is -2.47. The molecule has 9 nitrogen and oxygen atoms in total. The second kappa shape index (κ2) is 8.83. The van der Waals surface area contributed by atoms with Crippen LogP contribution in [0.3, 0.4) is 0 Å². The van der Waals surface area contributed by atoms with Gasteiger partial charge >= 0.3 is 6.01 Å². The van der Waals surface area contributed by atoms with Crippen LogP contribution in [-0.2, 0) is 6.54 Å². The first-order valence-electron chi connectivity index (χ1n) is 9.69. The molecule has 148 valence electrons. The summed E-state index contributed by atoms with van der Waals surface area (Å²) in [7, 11) is 0. The summed E-state index contributed by atoms with van der Waals surface area (Å²) in [5, 5.41) is 12.7. The van der Waals surface area contributed by atoms with Crippen molar-refractivity contribution in [1.29, 1.82) is 0 Å². The van der Waals surface area contributed by atoms with Gasteiger partial charge in [-0.25, -0.2) is 4.98 Å². The first-order chi connectivity index (χ1) is 13.8. The van der Waals surface area contributed by atoms with E-state index < -0.39 is 0 Å². The normalized spacial score (nSPS) is 15.1. The number of aromatic nitrogens is 5. The molecule has 1 fully saturated rings. The highest BCUT2D eigenvalue weighted by molar-refractivity contribution is 5.62. The van der Waals surface area contributed by atoms with E-state index in [0.29, 0.717) is 18.5 Å². The molecular formula is C19H25N7O2. The van der Waals surface area contributed by atoms with Gasteiger partial charge < -0.3 is 14.1 Å². The van der Waals surface area contributed by atoms with Crippen molar-refractivity contribution < 1.29 is 9.15 Å². The molecule has 3 heterocycles. The quantitative estimate of drug-likeness (QED) is 0.583. The molecule has 9 heteroatoms. The van der Waals surface area contributed by atoms with Gasteiger partial charge in [0.25, 0.3) is 5.89 Å². The predicted molar refractivity (Wildman–Crippen MR) is 104 cm³/mol. The molecule has 1 saturated heterocycles. The first kappa shape index (κ1) is 18.4. The Kier molecular flexibility index (Phi) is 5.81. The van der Waals surface area contributed by atoms with Crippen LogP contribution in [0.1, 0.15) is 13.3 Å². The van der Waals surface area contributed by atoms with Crippen molar-refractivity contribution in [3.05, 3.63) is 36.9 Å². The molecule has 0 N–H and O–H groups in total. The van der Waals surface area contributed by atoms with Crippen molar-refractivity contribution in [2.24, 2.45) is 0 Å². The van der Waals surface area contributed by atoms with Crippen LogP contribution < -0.4 is 9.64 Å². The minimum absolute atomic E-state index is 0.496. The second-order valence-corrected chi connectivity index (χ2v) is 6.72. The number of rotatable bonds is 8. The van der Waals surface area contributed by atoms with E-state index in [1.165, 1.54) is 0 Å². The third-order valence-corrected chi connectivity index (χ3v) is 4.75. The van der Waals surface area contributed by atoms with E-state index in [2.05, 4.69) is 37.0 Å². The second-order valence-electron chi connectivity index (χ2n) is 6.72. The van der Waals surface area contributed by atoms with Crippen LogP contribution >= 0.6 is 0 Å². The van der Waals surface area contributed by atoms with Crippen LogP contribution in [0.4, 0.5) is 6.01 Å². The van der Waals surface area contributed by atoms with Crippen LogP contribution in [0.25, 0.3) is 11.5 Å². The van der Waals surface area contributed by atoms with Crippen LogP contribution in [-0.4, -0.2) is 69.2 Å². The van der Waals surface area contributed by atoms with Gasteiger partial charge in [0.05, 0.1) is 18.7 Å². The number of para-hydroxylation sites is 1. The van der Waals surface area contributed by atoms with E-state index in [9.17, 15) is 0 Å². The zero-order valence-electron chi connectivity index (χ0n) is 16.1. The molecule has 0 saturated carbocycles. The Balaban J connectivity index is 1.35. The summed E-state index contributed by atoms with van der Waals surface area (Å²) in [5.41, 5.74) is 0.834. The topological polar surface area (TPSA) is 85.3 Å². The van der Waals surface area contributed by atoms with Crippen molar-refractivity contribution in [3.63, 3.8) is 0 Å². The molecule has 1 aliphatic heterocycles. The molecule has 1 aliphatic rings. The highest BCUT2D eigenvalue weighted by Gasteiger charge is 2.22. The summed E-state index contributed by atoms with van der Waals surface area (Å²) in [6, 6.07) is 8.35. The standard InChI is InChI=1S/C19H25N7O2/c1-2-13-27-17-6-4-3-5-16(17)18-22-23-19(28-18)25-10-7-24(8-11-25)9-12-26-15-20-14-21-26/h3-6,14-15H,2,7-13H2,1H3. The maximum atomic E-state index is 5.97. The minimum Gasteiger partial charge on any atom is -0.493 e. The van der Waals surface area contributed by atoms with Gasteiger partial charge in [-0.3, -0.25) is 9.58 Å². The monoisotopic (exact) mass is 383 g/mol. The molecule has 2 aromatic heterocycles. The van der Waals surface area contributed by atoms with Crippen molar-refractivity contribution >= 4 is 6.01 Å². The fraction of sp³-hybridized carbons (Fsp3) is 0.474. The zero-order valence-corrected chi connectivity index (χ0v) is 16.1. The van der Waals surface area contributed by atoms with Gasteiger partial charge in [0.2, 0.25) is 0 Å². The molecule has 4 rings (SSSR count). The van der Waals surface area contributed by atoms with E-state index in [4.69, 9.17) is 9.15 Å². The number of ether oxygens (including phenoxy) is 1. The Bertz CT molecular complexity index is 857. The number of anilines is 1. The highest BCUT2D eigenvalue weighted by atomic mass is 16.5. The summed E-state index contributed by atoms with van der Waals surface area (Å²) >= 11 is 0. The SMILES string of the molecule is CCCOc1ccccc1-c1nnc(N2CCN(CCn3cncn3)CC2)o1. The average molecular weight is 383 g/mol. The van der Waals surface area contributed by atoms with Crippen molar-refractivity contribution in [1.82, 2.24) is 29.9 Å². The number of nitrogens with zero attached hydrogens (tertiary/aromatic N) is 7. The summed E-state index contributed by atoms with van der Waals surface area (Å²) in [4.78, 5) is 8.52. The van der Waals surface area contributed by atoms with E-state index in [1.807, 2.05) is 28.9 Å². The van der Waals surface area contributed by atoms with Gasteiger partial charge in [-0.05, 0) is 18.6 Å². The summed E-state index contributed by atoms with van der Waals surface area (Å²) in [5.74, 6) is 1.27.